The molecule has 1 heterocycles. The minimum absolute atomic E-state index is 0.172. The van der Waals surface area contributed by atoms with Crippen LogP contribution in [0.15, 0.2) is 18.2 Å². The molecule has 1 aliphatic rings. The van der Waals surface area contributed by atoms with Crippen molar-refractivity contribution in [1.82, 2.24) is 4.90 Å². The fourth-order valence-corrected chi connectivity index (χ4v) is 2.48. The normalized spacial score (nSPS) is 17.0. The van der Waals surface area contributed by atoms with E-state index in [9.17, 15) is 13.2 Å². The van der Waals surface area contributed by atoms with Gasteiger partial charge < -0.3 is 9.47 Å². The highest BCUT2D eigenvalue weighted by molar-refractivity contribution is 6.30. The topological polar surface area (TPSA) is 21.7 Å². The maximum atomic E-state index is 12.4. The number of morpholine rings is 1. The highest BCUT2D eigenvalue weighted by Gasteiger charge is 2.32. The molecule has 0 bridgehead atoms. The number of halogens is 4. The Labute approximate surface area is 126 Å². The first-order chi connectivity index (χ1) is 9.94. The molecule has 1 saturated heterocycles. The smallest absolute Gasteiger partial charge is 0.406 e. The van der Waals surface area contributed by atoms with Gasteiger partial charge >= 0.3 is 6.36 Å². The average Bonchev–Trinajstić information content (AvgIpc) is 2.42. The Hall–Kier alpha value is -0.980. The molecule has 118 valence electrons. The second kappa shape index (κ2) is 7.33. The lowest BCUT2D eigenvalue weighted by atomic mass is 10.1. The molecule has 0 aromatic heterocycles. The minimum Gasteiger partial charge on any atom is -0.406 e. The van der Waals surface area contributed by atoms with E-state index in [0.717, 1.165) is 26.1 Å². The Bertz CT molecular complexity index is 462. The zero-order valence-corrected chi connectivity index (χ0v) is 12.2. The molecule has 0 aliphatic carbocycles. The van der Waals surface area contributed by atoms with E-state index in [1.165, 1.54) is 18.2 Å². The van der Waals surface area contributed by atoms with Crippen LogP contribution in [0.2, 0.25) is 5.02 Å². The van der Waals surface area contributed by atoms with Crippen LogP contribution in [0.4, 0.5) is 13.2 Å². The molecule has 21 heavy (non-hydrogen) atoms. The molecule has 0 unspecified atom stereocenters. The van der Waals surface area contributed by atoms with Crippen LogP contribution in [-0.2, 0) is 11.2 Å². The van der Waals surface area contributed by atoms with E-state index >= 15 is 0 Å². The lowest BCUT2D eigenvalue weighted by molar-refractivity contribution is -0.274. The van der Waals surface area contributed by atoms with E-state index in [2.05, 4.69) is 9.64 Å². The molecule has 0 radical (unpaired) electrons. The first-order valence-corrected chi connectivity index (χ1v) is 7.16. The minimum atomic E-state index is -4.69. The Balaban J connectivity index is 1.92. The van der Waals surface area contributed by atoms with Crippen LogP contribution >= 0.6 is 11.6 Å². The van der Waals surface area contributed by atoms with Crippen LogP contribution in [0.1, 0.15) is 12.0 Å². The molecule has 1 aromatic rings. The van der Waals surface area contributed by atoms with Crippen molar-refractivity contribution in [2.45, 2.75) is 19.2 Å². The third kappa shape index (κ3) is 5.73. The van der Waals surface area contributed by atoms with Crippen molar-refractivity contribution in [1.29, 1.82) is 0 Å². The van der Waals surface area contributed by atoms with Crippen LogP contribution in [-0.4, -0.2) is 44.1 Å². The molecular weight excluding hydrogens is 307 g/mol. The van der Waals surface area contributed by atoms with Gasteiger partial charge in [-0.3, -0.25) is 4.90 Å². The summed E-state index contributed by atoms with van der Waals surface area (Å²) in [6.45, 7) is 3.96. The largest absolute Gasteiger partial charge is 0.573 e. The van der Waals surface area contributed by atoms with Crippen LogP contribution < -0.4 is 4.74 Å². The van der Waals surface area contributed by atoms with Crippen molar-refractivity contribution in [3.63, 3.8) is 0 Å². The predicted molar refractivity (Wildman–Crippen MR) is 73.7 cm³/mol. The van der Waals surface area contributed by atoms with Gasteiger partial charge in [-0.15, -0.1) is 13.2 Å². The SMILES string of the molecule is FC(F)(F)Oc1ccc(Cl)cc1CCCN1CCOCC1. The molecule has 1 aromatic carbocycles. The van der Waals surface area contributed by atoms with E-state index in [4.69, 9.17) is 16.3 Å². The second-order valence-electron chi connectivity index (χ2n) is 4.86. The summed E-state index contributed by atoms with van der Waals surface area (Å²) in [5.74, 6) is -0.172. The van der Waals surface area contributed by atoms with Crippen LogP contribution in [0.25, 0.3) is 0 Å². The number of benzene rings is 1. The van der Waals surface area contributed by atoms with Gasteiger partial charge in [0.25, 0.3) is 0 Å². The Kier molecular flexibility index (Phi) is 5.72. The maximum absolute atomic E-state index is 12.4. The molecule has 0 amide bonds. The first kappa shape index (κ1) is 16.4. The van der Waals surface area contributed by atoms with Crippen molar-refractivity contribution in [3.8, 4) is 5.75 Å². The summed E-state index contributed by atoms with van der Waals surface area (Å²) in [7, 11) is 0. The summed E-state index contributed by atoms with van der Waals surface area (Å²) in [5, 5.41) is 0.408. The summed E-state index contributed by atoms with van der Waals surface area (Å²) in [5.41, 5.74) is 0.480. The van der Waals surface area contributed by atoms with E-state index in [-0.39, 0.29) is 5.75 Å². The lowest BCUT2D eigenvalue weighted by Crippen LogP contribution is -2.36. The summed E-state index contributed by atoms with van der Waals surface area (Å²) in [4.78, 5) is 2.23. The number of alkyl halides is 3. The molecule has 1 aliphatic heterocycles. The van der Waals surface area contributed by atoms with Crippen molar-refractivity contribution in [3.05, 3.63) is 28.8 Å². The molecule has 0 N–H and O–H groups in total. The summed E-state index contributed by atoms with van der Waals surface area (Å²) in [6.07, 6.45) is -3.45. The number of hydrogen-bond acceptors (Lipinski definition) is 3. The summed E-state index contributed by atoms with van der Waals surface area (Å²) >= 11 is 5.85. The molecule has 7 heteroatoms. The molecule has 3 nitrogen and oxygen atoms in total. The third-order valence-electron chi connectivity index (χ3n) is 3.27. The van der Waals surface area contributed by atoms with Crippen molar-refractivity contribution >= 4 is 11.6 Å². The van der Waals surface area contributed by atoms with Gasteiger partial charge in [0.1, 0.15) is 5.75 Å². The Morgan fingerprint density at radius 2 is 1.95 bits per heavy atom. The van der Waals surface area contributed by atoms with E-state index in [0.29, 0.717) is 30.2 Å². The zero-order valence-electron chi connectivity index (χ0n) is 11.5. The van der Waals surface area contributed by atoms with Gasteiger partial charge in [-0.25, -0.2) is 0 Å². The van der Waals surface area contributed by atoms with Crippen molar-refractivity contribution in [2.75, 3.05) is 32.8 Å². The predicted octanol–water partition coefficient (Wildman–Crippen LogP) is 3.50. The molecule has 2 rings (SSSR count). The van der Waals surface area contributed by atoms with Gasteiger partial charge in [0.05, 0.1) is 13.2 Å². The standard InChI is InChI=1S/C14H17ClF3NO2/c15-12-3-4-13(21-14(16,17)18)11(10-12)2-1-5-19-6-8-20-9-7-19/h3-4,10H,1-2,5-9H2. The van der Waals surface area contributed by atoms with Gasteiger partial charge in [0, 0.05) is 18.1 Å². The van der Waals surface area contributed by atoms with E-state index < -0.39 is 6.36 Å². The number of aryl methyl sites for hydroxylation is 1. The highest BCUT2D eigenvalue weighted by atomic mass is 35.5. The maximum Gasteiger partial charge on any atom is 0.573 e. The highest BCUT2D eigenvalue weighted by Crippen LogP contribution is 2.29. The lowest BCUT2D eigenvalue weighted by Gasteiger charge is -2.26. The first-order valence-electron chi connectivity index (χ1n) is 6.78. The number of nitrogens with zero attached hydrogens (tertiary/aromatic N) is 1. The fraction of sp³-hybridized carbons (Fsp3) is 0.571. The van der Waals surface area contributed by atoms with Crippen molar-refractivity contribution < 1.29 is 22.6 Å². The molecule has 1 fully saturated rings. The van der Waals surface area contributed by atoms with Gasteiger partial charge in [-0.1, -0.05) is 11.6 Å². The van der Waals surface area contributed by atoms with Crippen LogP contribution in [0.3, 0.4) is 0 Å². The average molecular weight is 324 g/mol. The summed E-state index contributed by atoms with van der Waals surface area (Å²) < 4.78 is 46.4. The molecular formula is C14H17ClF3NO2. The number of rotatable bonds is 5. The molecule has 0 atom stereocenters. The van der Waals surface area contributed by atoms with E-state index in [1.807, 2.05) is 0 Å². The Morgan fingerprint density at radius 1 is 1.24 bits per heavy atom. The number of ether oxygens (including phenoxy) is 2. The van der Waals surface area contributed by atoms with Gasteiger partial charge in [0.15, 0.2) is 0 Å². The number of hydrogen-bond donors (Lipinski definition) is 0. The van der Waals surface area contributed by atoms with Crippen molar-refractivity contribution in [2.24, 2.45) is 0 Å². The monoisotopic (exact) mass is 323 g/mol. The molecule has 0 spiro atoms. The summed E-state index contributed by atoms with van der Waals surface area (Å²) in [6, 6.07) is 4.19. The van der Waals surface area contributed by atoms with Gasteiger partial charge in [0.2, 0.25) is 0 Å². The fourth-order valence-electron chi connectivity index (χ4n) is 2.29. The second-order valence-corrected chi connectivity index (χ2v) is 5.29. The zero-order chi connectivity index (χ0) is 15.3. The van der Waals surface area contributed by atoms with Gasteiger partial charge in [-0.05, 0) is 43.1 Å². The van der Waals surface area contributed by atoms with E-state index in [1.54, 1.807) is 0 Å². The van der Waals surface area contributed by atoms with Crippen LogP contribution in [0, 0.1) is 0 Å². The third-order valence-corrected chi connectivity index (χ3v) is 3.51. The Morgan fingerprint density at radius 3 is 2.62 bits per heavy atom. The molecule has 0 saturated carbocycles. The van der Waals surface area contributed by atoms with Crippen LogP contribution in [0.5, 0.6) is 5.75 Å². The van der Waals surface area contributed by atoms with Gasteiger partial charge in [-0.2, -0.15) is 0 Å². The quantitative estimate of drug-likeness (QED) is 0.828.